The molecular formula is C12H18N2O. The second-order valence-corrected chi connectivity index (χ2v) is 4.26. The van der Waals surface area contributed by atoms with E-state index in [-0.39, 0.29) is 6.54 Å². The molecule has 0 aromatic rings. The van der Waals surface area contributed by atoms with Crippen LogP contribution in [-0.4, -0.2) is 35.7 Å². The van der Waals surface area contributed by atoms with Crippen LogP contribution in [0.2, 0.25) is 0 Å². The predicted octanol–water partition coefficient (Wildman–Crippen LogP) is 0.636. The Hall–Kier alpha value is -1.06. The standard InChI is InChI=1S/C12H18N2O/c1-8-5-10-6-9(12(15)7-13)3-4-11(10)14(8)2/h3-6,10-12,15H,7,13H2,1-2H3. The van der Waals surface area contributed by atoms with Gasteiger partial charge in [0.05, 0.1) is 12.1 Å². The van der Waals surface area contributed by atoms with E-state index in [1.807, 2.05) is 6.08 Å². The number of hydrogen-bond donors (Lipinski definition) is 2. The van der Waals surface area contributed by atoms with Crippen molar-refractivity contribution in [1.29, 1.82) is 0 Å². The minimum absolute atomic E-state index is 0.284. The minimum atomic E-state index is -0.526. The largest absolute Gasteiger partial charge is 0.387 e. The number of allylic oxidation sites excluding steroid dienone is 1. The third kappa shape index (κ3) is 1.73. The summed E-state index contributed by atoms with van der Waals surface area (Å²) in [4.78, 5) is 2.25. The summed E-state index contributed by atoms with van der Waals surface area (Å²) in [6, 6.07) is 0.415. The van der Waals surface area contributed by atoms with Crippen LogP contribution in [0.5, 0.6) is 0 Å². The molecule has 0 bridgehead atoms. The van der Waals surface area contributed by atoms with Crippen molar-refractivity contribution in [2.24, 2.45) is 11.7 Å². The molecule has 3 nitrogen and oxygen atoms in total. The van der Waals surface area contributed by atoms with E-state index in [0.29, 0.717) is 12.0 Å². The third-order valence-electron chi connectivity index (χ3n) is 3.31. The number of nitrogens with zero attached hydrogens (tertiary/aromatic N) is 1. The molecule has 0 aromatic carbocycles. The van der Waals surface area contributed by atoms with Gasteiger partial charge < -0.3 is 15.7 Å². The van der Waals surface area contributed by atoms with E-state index in [2.05, 4.69) is 37.1 Å². The first-order chi connectivity index (χ1) is 7.13. The molecule has 0 saturated carbocycles. The number of aliphatic hydroxyl groups excluding tert-OH is 1. The second-order valence-electron chi connectivity index (χ2n) is 4.26. The maximum atomic E-state index is 9.66. The van der Waals surface area contributed by atoms with Gasteiger partial charge in [0.2, 0.25) is 0 Å². The first kappa shape index (κ1) is 10.5. The molecule has 2 rings (SSSR count). The average Bonchev–Trinajstić information content (AvgIpc) is 2.53. The fraction of sp³-hybridized carbons (Fsp3) is 0.500. The minimum Gasteiger partial charge on any atom is -0.387 e. The molecule has 2 aliphatic rings. The van der Waals surface area contributed by atoms with Crippen molar-refractivity contribution >= 4 is 0 Å². The van der Waals surface area contributed by atoms with Gasteiger partial charge in [-0.25, -0.2) is 0 Å². The van der Waals surface area contributed by atoms with Crippen molar-refractivity contribution in [3.05, 3.63) is 35.6 Å². The van der Waals surface area contributed by atoms with Gasteiger partial charge in [0.15, 0.2) is 0 Å². The van der Waals surface area contributed by atoms with Crippen molar-refractivity contribution in [2.45, 2.75) is 19.1 Å². The summed E-state index contributed by atoms with van der Waals surface area (Å²) in [5, 5.41) is 9.66. The Morgan fingerprint density at radius 2 is 2.27 bits per heavy atom. The van der Waals surface area contributed by atoms with Crippen molar-refractivity contribution in [1.82, 2.24) is 4.90 Å². The lowest BCUT2D eigenvalue weighted by Gasteiger charge is -2.27. The van der Waals surface area contributed by atoms with Gasteiger partial charge in [-0.2, -0.15) is 0 Å². The molecule has 0 fully saturated rings. The molecule has 3 atom stereocenters. The fourth-order valence-corrected chi connectivity index (χ4v) is 2.24. The number of rotatable bonds is 2. The van der Waals surface area contributed by atoms with Crippen LogP contribution < -0.4 is 5.73 Å². The van der Waals surface area contributed by atoms with Gasteiger partial charge in [0, 0.05) is 25.2 Å². The van der Waals surface area contributed by atoms with Gasteiger partial charge in [-0.05, 0) is 12.5 Å². The highest BCUT2D eigenvalue weighted by atomic mass is 16.3. The lowest BCUT2D eigenvalue weighted by molar-refractivity contribution is 0.220. The Morgan fingerprint density at radius 3 is 2.93 bits per heavy atom. The number of hydrogen-bond acceptors (Lipinski definition) is 3. The maximum Gasteiger partial charge on any atom is 0.0909 e. The quantitative estimate of drug-likeness (QED) is 0.697. The lowest BCUT2D eigenvalue weighted by atomic mass is 9.91. The monoisotopic (exact) mass is 206 g/mol. The molecule has 3 unspecified atom stereocenters. The molecule has 0 saturated heterocycles. The summed E-state index contributed by atoms with van der Waals surface area (Å²) < 4.78 is 0. The Bertz CT molecular complexity index is 344. The van der Waals surface area contributed by atoms with Gasteiger partial charge in [-0.3, -0.25) is 0 Å². The summed E-state index contributed by atoms with van der Waals surface area (Å²) >= 11 is 0. The van der Waals surface area contributed by atoms with Crippen LogP contribution in [-0.2, 0) is 0 Å². The van der Waals surface area contributed by atoms with E-state index >= 15 is 0 Å². The number of nitrogens with two attached hydrogens (primary N) is 1. The zero-order valence-electron chi connectivity index (χ0n) is 9.22. The van der Waals surface area contributed by atoms with Crippen LogP contribution in [0, 0.1) is 5.92 Å². The van der Waals surface area contributed by atoms with Crippen LogP contribution >= 0.6 is 0 Å². The zero-order chi connectivity index (χ0) is 11.0. The molecule has 1 aliphatic heterocycles. The fourth-order valence-electron chi connectivity index (χ4n) is 2.24. The Labute approximate surface area is 90.6 Å². The second kappa shape index (κ2) is 3.83. The summed E-state index contributed by atoms with van der Waals surface area (Å²) in [5.41, 5.74) is 7.67. The zero-order valence-corrected chi connectivity index (χ0v) is 9.22. The molecule has 82 valence electrons. The van der Waals surface area contributed by atoms with E-state index in [4.69, 9.17) is 5.73 Å². The van der Waals surface area contributed by atoms with Crippen molar-refractivity contribution < 1.29 is 5.11 Å². The molecule has 15 heavy (non-hydrogen) atoms. The highest BCUT2D eigenvalue weighted by Crippen LogP contribution is 2.31. The normalized spacial score (nSPS) is 31.1. The molecule has 3 N–H and O–H groups in total. The van der Waals surface area contributed by atoms with Gasteiger partial charge in [0.25, 0.3) is 0 Å². The highest BCUT2D eigenvalue weighted by Gasteiger charge is 2.29. The van der Waals surface area contributed by atoms with Crippen molar-refractivity contribution in [3.8, 4) is 0 Å². The summed E-state index contributed by atoms with van der Waals surface area (Å²) in [5.74, 6) is 0.385. The van der Waals surface area contributed by atoms with E-state index in [0.717, 1.165) is 5.57 Å². The molecule has 1 heterocycles. The molecule has 0 amide bonds. The molecule has 1 aliphatic carbocycles. The van der Waals surface area contributed by atoms with Crippen molar-refractivity contribution in [3.63, 3.8) is 0 Å². The van der Waals surface area contributed by atoms with E-state index in [1.54, 1.807) is 0 Å². The van der Waals surface area contributed by atoms with Crippen LogP contribution in [0.25, 0.3) is 0 Å². The van der Waals surface area contributed by atoms with Gasteiger partial charge in [-0.15, -0.1) is 0 Å². The Morgan fingerprint density at radius 1 is 1.53 bits per heavy atom. The van der Waals surface area contributed by atoms with Gasteiger partial charge in [-0.1, -0.05) is 24.3 Å². The SMILES string of the molecule is CC1=CC2C=C(C(O)CN)C=CC2N1C. The van der Waals surface area contributed by atoms with E-state index in [1.165, 1.54) is 5.70 Å². The Kier molecular flexibility index (Phi) is 2.67. The summed E-state index contributed by atoms with van der Waals surface area (Å²) in [6.45, 7) is 2.39. The van der Waals surface area contributed by atoms with Gasteiger partial charge in [0.1, 0.15) is 0 Å². The summed E-state index contributed by atoms with van der Waals surface area (Å²) in [7, 11) is 2.10. The summed E-state index contributed by atoms with van der Waals surface area (Å²) in [6.07, 6.45) is 7.96. The lowest BCUT2D eigenvalue weighted by Crippen LogP contribution is -2.31. The number of fused-ring (bicyclic) bond motifs is 1. The van der Waals surface area contributed by atoms with E-state index < -0.39 is 6.10 Å². The van der Waals surface area contributed by atoms with E-state index in [9.17, 15) is 5.11 Å². The van der Waals surface area contributed by atoms with Crippen LogP contribution in [0.3, 0.4) is 0 Å². The smallest absolute Gasteiger partial charge is 0.0909 e. The average molecular weight is 206 g/mol. The van der Waals surface area contributed by atoms with Gasteiger partial charge >= 0.3 is 0 Å². The van der Waals surface area contributed by atoms with Crippen molar-refractivity contribution in [2.75, 3.05) is 13.6 Å². The van der Waals surface area contributed by atoms with Crippen LogP contribution in [0.15, 0.2) is 35.6 Å². The number of likely N-dealkylation sites (N-methyl/N-ethyl adjacent to an activating group) is 1. The molecule has 0 aromatic heterocycles. The molecule has 3 heteroatoms. The highest BCUT2D eigenvalue weighted by molar-refractivity contribution is 5.36. The topological polar surface area (TPSA) is 49.5 Å². The third-order valence-corrected chi connectivity index (χ3v) is 3.31. The predicted molar refractivity (Wildman–Crippen MR) is 61.1 cm³/mol. The molecule has 0 radical (unpaired) electrons. The maximum absolute atomic E-state index is 9.66. The Balaban J connectivity index is 2.21. The van der Waals surface area contributed by atoms with Crippen LogP contribution in [0.4, 0.5) is 0 Å². The molecule has 0 spiro atoms. The first-order valence-corrected chi connectivity index (χ1v) is 5.33. The number of aliphatic hydroxyl groups is 1. The van der Waals surface area contributed by atoms with Crippen LogP contribution in [0.1, 0.15) is 6.92 Å². The molecular weight excluding hydrogens is 188 g/mol. The first-order valence-electron chi connectivity index (χ1n) is 5.33.